The van der Waals surface area contributed by atoms with E-state index >= 15 is 0 Å². The number of benzene rings is 1. The normalized spacial score (nSPS) is 21.6. The maximum atomic E-state index is 12.7. The van der Waals surface area contributed by atoms with Crippen molar-refractivity contribution in [1.82, 2.24) is 0 Å². The number of ether oxygens (including phenoxy) is 3. The Labute approximate surface area is 132 Å². The summed E-state index contributed by atoms with van der Waals surface area (Å²) < 4.78 is 53.2. The van der Waals surface area contributed by atoms with Gasteiger partial charge in [0.2, 0.25) is 5.79 Å². The van der Waals surface area contributed by atoms with Crippen LogP contribution in [0.5, 0.6) is 0 Å². The predicted molar refractivity (Wildman–Crippen MR) is 75.7 cm³/mol. The van der Waals surface area contributed by atoms with E-state index in [0.29, 0.717) is 18.4 Å². The summed E-state index contributed by atoms with van der Waals surface area (Å²) in [6.07, 6.45) is -4.19. The van der Waals surface area contributed by atoms with Crippen LogP contribution in [-0.2, 0) is 26.8 Å². The zero-order chi connectivity index (χ0) is 17.1. The molecule has 1 saturated heterocycles. The number of rotatable bonds is 6. The number of hydrogen-bond acceptors (Lipinski definition) is 4. The van der Waals surface area contributed by atoms with Gasteiger partial charge in [0, 0.05) is 5.92 Å². The Morgan fingerprint density at radius 3 is 2.70 bits per heavy atom. The van der Waals surface area contributed by atoms with Crippen molar-refractivity contribution >= 4 is 6.16 Å². The Bertz CT molecular complexity index is 553. The molecule has 2 rings (SSSR count). The van der Waals surface area contributed by atoms with Crippen molar-refractivity contribution in [2.45, 2.75) is 38.7 Å². The maximum absolute atomic E-state index is 12.7. The van der Waals surface area contributed by atoms with Crippen LogP contribution in [0, 0.1) is 5.92 Å². The summed E-state index contributed by atoms with van der Waals surface area (Å²) in [6.45, 7) is 3.97. The molecule has 1 heterocycles. The van der Waals surface area contributed by atoms with Crippen molar-refractivity contribution in [2.75, 3.05) is 13.2 Å². The fourth-order valence-electron chi connectivity index (χ4n) is 2.31. The van der Waals surface area contributed by atoms with Crippen molar-refractivity contribution in [3.63, 3.8) is 0 Å². The van der Waals surface area contributed by atoms with Crippen LogP contribution in [0.2, 0.25) is 0 Å². The van der Waals surface area contributed by atoms with Gasteiger partial charge in [0.1, 0.15) is 6.61 Å². The Morgan fingerprint density at radius 2 is 2.13 bits per heavy atom. The van der Waals surface area contributed by atoms with Gasteiger partial charge in [0.15, 0.2) is 0 Å². The summed E-state index contributed by atoms with van der Waals surface area (Å²) in [5, 5.41) is 0. The van der Waals surface area contributed by atoms with Gasteiger partial charge in [-0.25, -0.2) is 4.79 Å². The topological polar surface area (TPSA) is 48.1 Å². The lowest BCUT2D eigenvalue weighted by atomic mass is 9.95. The standard InChI is InChI=1S/C16H19F3O4/c1-3-21-14(20)23-15(10-22-15)11(2)7-8-12-5-4-6-13(9-12)16(17,18)19/h4-6,9,11H,3,7-8,10H2,1-2H3. The molecular weight excluding hydrogens is 313 g/mol. The molecule has 1 aromatic carbocycles. The Balaban J connectivity index is 1.92. The second kappa shape index (κ2) is 6.78. The minimum Gasteiger partial charge on any atom is -0.435 e. The minimum absolute atomic E-state index is 0.151. The molecule has 0 aliphatic carbocycles. The van der Waals surface area contributed by atoms with Gasteiger partial charge in [-0.05, 0) is 31.4 Å². The van der Waals surface area contributed by atoms with Gasteiger partial charge < -0.3 is 14.2 Å². The molecule has 1 aromatic rings. The molecule has 0 amide bonds. The molecule has 1 aliphatic heterocycles. The molecule has 0 radical (unpaired) electrons. The van der Waals surface area contributed by atoms with Gasteiger partial charge in [0.05, 0.1) is 12.2 Å². The summed E-state index contributed by atoms with van der Waals surface area (Å²) in [7, 11) is 0. The van der Waals surface area contributed by atoms with E-state index in [9.17, 15) is 18.0 Å². The lowest BCUT2D eigenvalue weighted by Gasteiger charge is -2.20. The van der Waals surface area contributed by atoms with E-state index in [0.717, 1.165) is 12.1 Å². The zero-order valence-electron chi connectivity index (χ0n) is 13.0. The first-order chi connectivity index (χ1) is 10.8. The van der Waals surface area contributed by atoms with Crippen LogP contribution in [-0.4, -0.2) is 25.2 Å². The fourth-order valence-corrected chi connectivity index (χ4v) is 2.31. The largest absolute Gasteiger partial charge is 0.510 e. The molecule has 1 aliphatic rings. The van der Waals surface area contributed by atoms with E-state index in [4.69, 9.17) is 14.2 Å². The van der Waals surface area contributed by atoms with Crippen LogP contribution >= 0.6 is 0 Å². The molecule has 23 heavy (non-hydrogen) atoms. The smallest absolute Gasteiger partial charge is 0.435 e. The lowest BCUT2D eigenvalue weighted by molar-refractivity contribution is -0.137. The third-order valence-corrected chi connectivity index (χ3v) is 3.82. The van der Waals surface area contributed by atoms with Crippen molar-refractivity contribution in [3.05, 3.63) is 35.4 Å². The van der Waals surface area contributed by atoms with E-state index in [-0.39, 0.29) is 19.1 Å². The second-order valence-corrected chi connectivity index (χ2v) is 5.52. The van der Waals surface area contributed by atoms with Crippen molar-refractivity contribution in [2.24, 2.45) is 5.92 Å². The predicted octanol–water partition coefficient (Wildman–Crippen LogP) is 4.17. The quantitative estimate of drug-likeness (QED) is 0.579. The van der Waals surface area contributed by atoms with Crippen molar-refractivity contribution < 1.29 is 32.2 Å². The molecule has 2 atom stereocenters. The molecule has 0 spiro atoms. The highest BCUT2D eigenvalue weighted by atomic mass is 19.4. The molecule has 128 valence electrons. The SMILES string of the molecule is CCOC(=O)OC1(C(C)CCc2cccc(C(F)(F)F)c2)CO1. The van der Waals surface area contributed by atoms with Gasteiger partial charge in [-0.1, -0.05) is 25.1 Å². The molecule has 0 bridgehead atoms. The first-order valence-corrected chi connectivity index (χ1v) is 7.42. The average Bonchev–Trinajstić information content (AvgIpc) is 3.25. The number of carbonyl (C=O) groups excluding carboxylic acids is 1. The van der Waals surface area contributed by atoms with Gasteiger partial charge >= 0.3 is 12.3 Å². The summed E-state index contributed by atoms with van der Waals surface area (Å²) >= 11 is 0. The molecule has 1 fully saturated rings. The van der Waals surface area contributed by atoms with E-state index < -0.39 is 23.7 Å². The van der Waals surface area contributed by atoms with E-state index in [1.165, 1.54) is 6.07 Å². The van der Waals surface area contributed by atoms with Gasteiger partial charge in [-0.2, -0.15) is 13.2 Å². The zero-order valence-corrected chi connectivity index (χ0v) is 13.0. The second-order valence-electron chi connectivity index (χ2n) is 5.52. The number of aryl methyl sites for hydroxylation is 1. The number of carbonyl (C=O) groups is 1. The number of epoxide rings is 1. The van der Waals surface area contributed by atoms with Gasteiger partial charge in [-0.3, -0.25) is 0 Å². The average molecular weight is 332 g/mol. The van der Waals surface area contributed by atoms with Gasteiger partial charge in [-0.15, -0.1) is 0 Å². The highest BCUT2D eigenvalue weighted by Crippen LogP contribution is 2.39. The summed E-state index contributed by atoms with van der Waals surface area (Å²) in [5.41, 5.74) is -0.0820. The number of hydrogen-bond donors (Lipinski definition) is 0. The van der Waals surface area contributed by atoms with Crippen LogP contribution in [0.15, 0.2) is 24.3 Å². The van der Waals surface area contributed by atoms with Crippen LogP contribution < -0.4 is 0 Å². The fraction of sp³-hybridized carbons (Fsp3) is 0.562. The third kappa shape index (κ3) is 4.60. The van der Waals surface area contributed by atoms with Crippen LogP contribution in [0.4, 0.5) is 18.0 Å². The Kier molecular flexibility index (Phi) is 5.19. The lowest BCUT2D eigenvalue weighted by Crippen LogP contribution is -2.29. The number of alkyl halides is 3. The van der Waals surface area contributed by atoms with E-state index in [2.05, 4.69) is 0 Å². The highest BCUT2D eigenvalue weighted by Gasteiger charge is 2.54. The third-order valence-electron chi connectivity index (χ3n) is 3.82. The van der Waals surface area contributed by atoms with E-state index in [1.54, 1.807) is 13.0 Å². The molecular formula is C16H19F3O4. The maximum Gasteiger partial charge on any atom is 0.510 e. The minimum atomic E-state index is -4.35. The molecule has 2 unspecified atom stereocenters. The molecule has 0 saturated carbocycles. The van der Waals surface area contributed by atoms with Crippen molar-refractivity contribution in [1.29, 1.82) is 0 Å². The molecule has 0 aromatic heterocycles. The van der Waals surface area contributed by atoms with Crippen LogP contribution in [0.25, 0.3) is 0 Å². The monoisotopic (exact) mass is 332 g/mol. The van der Waals surface area contributed by atoms with Gasteiger partial charge in [0.25, 0.3) is 0 Å². The van der Waals surface area contributed by atoms with E-state index in [1.807, 2.05) is 6.92 Å². The van der Waals surface area contributed by atoms with Crippen molar-refractivity contribution in [3.8, 4) is 0 Å². The summed E-state index contributed by atoms with van der Waals surface area (Å²) in [5.74, 6) is -1.16. The Hall–Kier alpha value is -1.76. The highest BCUT2D eigenvalue weighted by molar-refractivity contribution is 5.60. The number of halogens is 3. The molecule has 7 heteroatoms. The molecule has 4 nitrogen and oxygen atoms in total. The molecule has 0 N–H and O–H groups in total. The first-order valence-electron chi connectivity index (χ1n) is 7.42. The van der Waals surface area contributed by atoms with Crippen LogP contribution in [0.3, 0.4) is 0 Å². The first kappa shape index (κ1) is 17.6. The van der Waals surface area contributed by atoms with Crippen LogP contribution in [0.1, 0.15) is 31.4 Å². The summed E-state index contributed by atoms with van der Waals surface area (Å²) in [6, 6.07) is 5.22. The summed E-state index contributed by atoms with van der Waals surface area (Å²) in [4.78, 5) is 11.4. The Morgan fingerprint density at radius 1 is 1.43 bits per heavy atom.